The normalized spacial score (nSPS) is 12.0. The van der Waals surface area contributed by atoms with Crippen LogP contribution < -0.4 is 4.74 Å². The van der Waals surface area contributed by atoms with Gasteiger partial charge in [0.1, 0.15) is 28.6 Å². The van der Waals surface area contributed by atoms with Crippen molar-refractivity contribution in [2.45, 2.75) is 12.5 Å². The molecule has 0 aliphatic carbocycles. The Morgan fingerprint density at radius 2 is 2.00 bits per heavy atom. The lowest BCUT2D eigenvalue weighted by Crippen LogP contribution is -2.08. The fraction of sp³-hybridized carbons (Fsp3) is 0.167. The molecule has 0 aliphatic rings. The summed E-state index contributed by atoms with van der Waals surface area (Å²) in [7, 11) is 0. The maximum absolute atomic E-state index is 14.0. The number of fused-ring (bicyclic) bond motifs is 1. The van der Waals surface area contributed by atoms with Crippen molar-refractivity contribution in [3.8, 4) is 11.8 Å². The number of hydrogen-bond donors (Lipinski definition) is 0. The van der Waals surface area contributed by atoms with Crippen LogP contribution in [0.4, 0.5) is 4.39 Å². The Labute approximate surface area is 151 Å². The van der Waals surface area contributed by atoms with Crippen LogP contribution in [0.5, 0.6) is 5.75 Å². The van der Waals surface area contributed by atoms with Crippen molar-refractivity contribution in [3.63, 3.8) is 0 Å². The predicted octanol–water partition coefficient (Wildman–Crippen LogP) is 5.86. The average Bonchev–Trinajstić information content (AvgIpc) is 3.03. The van der Waals surface area contributed by atoms with Gasteiger partial charge in [-0.3, -0.25) is 0 Å². The molecular formula is C18H13FINOS. The van der Waals surface area contributed by atoms with Gasteiger partial charge in [-0.2, -0.15) is 5.26 Å². The first-order valence-electron chi connectivity index (χ1n) is 7.12. The summed E-state index contributed by atoms with van der Waals surface area (Å²) in [6.07, 6.45) is 0.773. The molecule has 0 unspecified atom stereocenters. The van der Waals surface area contributed by atoms with E-state index in [9.17, 15) is 4.39 Å². The van der Waals surface area contributed by atoms with E-state index in [1.807, 2.05) is 30.3 Å². The Kier molecular flexibility index (Phi) is 5.13. The van der Waals surface area contributed by atoms with Gasteiger partial charge in [-0.25, -0.2) is 4.39 Å². The molecule has 2 aromatic carbocycles. The monoisotopic (exact) mass is 437 g/mol. The van der Waals surface area contributed by atoms with Crippen LogP contribution in [0.2, 0.25) is 0 Å². The minimum absolute atomic E-state index is 0.0885. The van der Waals surface area contributed by atoms with Crippen molar-refractivity contribution in [2.75, 3.05) is 4.43 Å². The van der Waals surface area contributed by atoms with Crippen molar-refractivity contribution in [3.05, 3.63) is 64.8 Å². The molecule has 0 saturated heterocycles. The molecule has 1 heterocycles. The van der Waals surface area contributed by atoms with Gasteiger partial charge in [-0.15, -0.1) is 11.3 Å². The lowest BCUT2D eigenvalue weighted by atomic mass is 10.1. The zero-order valence-electron chi connectivity index (χ0n) is 12.1. The van der Waals surface area contributed by atoms with Gasteiger partial charge in [0.2, 0.25) is 0 Å². The highest BCUT2D eigenvalue weighted by Crippen LogP contribution is 2.37. The summed E-state index contributed by atoms with van der Waals surface area (Å²) in [4.78, 5) is 0.486. The first-order valence-corrected chi connectivity index (χ1v) is 9.47. The summed E-state index contributed by atoms with van der Waals surface area (Å²) in [5, 5.41) is 9.51. The molecule has 0 spiro atoms. The van der Waals surface area contributed by atoms with E-state index in [1.54, 1.807) is 12.1 Å². The molecule has 0 amide bonds. The topological polar surface area (TPSA) is 33.0 Å². The maximum Gasteiger partial charge on any atom is 0.138 e. The second-order valence-corrected chi connectivity index (χ2v) is 7.14. The van der Waals surface area contributed by atoms with Gasteiger partial charge in [-0.1, -0.05) is 52.9 Å². The van der Waals surface area contributed by atoms with E-state index in [4.69, 9.17) is 10.00 Å². The molecule has 23 heavy (non-hydrogen) atoms. The second-order valence-electron chi connectivity index (χ2n) is 5.01. The zero-order chi connectivity index (χ0) is 16.2. The molecule has 2 nitrogen and oxygen atoms in total. The molecule has 0 aliphatic heterocycles. The number of alkyl halides is 1. The van der Waals surface area contributed by atoms with Gasteiger partial charge in [0.15, 0.2) is 0 Å². The molecule has 116 valence electrons. The molecule has 3 rings (SSSR count). The van der Waals surface area contributed by atoms with Crippen LogP contribution in [-0.2, 0) is 0 Å². The van der Waals surface area contributed by atoms with Crippen molar-refractivity contribution in [1.29, 1.82) is 5.26 Å². The van der Waals surface area contributed by atoms with Crippen molar-refractivity contribution in [2.24, 2.45) is 0 Å². The van der Waals surface area contributed by atoms with Crippen LogP contribution in [-0.4, -0.2) is 4.43 Å². The van der Waals surface area contributed by atoms with Gasteiger partial charge in [0, 0.05) is 9.81 Å². The fourth-order valence-corrected chi connectivity index (χ4v) is 3.92. The Balaban J connectivity index is 2.01. The molecule has 5 heteroatoms. The average molecular weight is 437 g/mol. The SMILES string of the molecule is N#Cc1cc2c(F)ccc(O[C@H](CCI)c3ccccc3)c2s1. The summed E-state index contributed by atoms with van der Waals surface area (Å²) < 4.78 is 21.8. The second kappa shape index (κ2) is 7.28. The van der Waals surface area contributed by atoms with Crippen LogP contribution >= 0.6 is 33.9 Å². The molecule has 0 bridgehead atoms. The van der Waals surface area contributed by atoms with E-state index in [1.165, 1.54) is 17.4 Å². The summed E-state index contributed by atoms with van der Waals surface area (Å²) in [5.74, 6) is 0.307. The van der Waals surface area contributed by atoms with Crippen LogP contribution in [0.1, 0.15) is 23.0 Å². The van der Waals surface area contributed by atoms with Crippen molar-refractivity contribution >= 4 is 44.0 Å². The lowest BCUT2D eigenvalue weighted by molar-refractivity contribution is 0.206. The maximum atomic E-state index is 14.0. The summed E-state index contributed by atoms with van der Waals surface area (Å²) in [6.45, 7) is 0. The number of rotatable bonds is 5. The van der Waals surface area contributed by atoms with Gasteiger partial charge in [0.25, 0.3) is 0 Å². The minimum Gasteiger partial charge on any atom is -0.484 e. The van der Waals surface area contributed by atoms with Crippen LogP contribution in [0.15, 0.2) is 48.5 Å². The Morgan fingerprint density at radius 1 is 1.22 bits per heavy atom. The van der Waals surface area contributed by atoms with Gasteiger partial charge in [0.05, 0.1) is 4.70 Å². The molecule has 1 aromatic heterocycles. The molecule has 0 N–H and O–H groups in total. The van der Waals surface area contributed by atoms with Gasteiger partial charge in [-0.05, 0) is 30.2 Å². The Morgan fingerprint density at radius 3 is 2.70 bits per heavy atom. The first kappa shape index (κ1) is 16.2. The van der Waals surface area contributed by atoms with E-state index >= 15 is 0 Å². The third-order valence-corrected chi connectivity index (χ3v) is 5.19. The molecule has 1 atom stereocenters. The van der Waals surface area contributed by atoms with Crippen LogP contribution in [0, 0.1) is 17.1 Å². The Bertz CT molecular complexity index is 857. The van der Waals surface area contributed by atoms with E-state index in [-0.39, 0.29) is 11.9 Å². The third-order valence-electron chi connectivity index (χ3n) is 3.52. The van der Waals surface area contributed by atoms with E-state index in [0.717, 1.165) is 16.4 Å². The first-order chi connectivity index (χ1) is 11.2. The molecule has 0 radical (unpaired) electrons. The highest BCUT2D eigenvalue weighted by Gasteiger charge is 2.17. The quantitative estimate of drug-likeness (QED) is 0.370. The fourth-order valence-electron chi connectivity index (χ4n) is 2.43. The molecule has 0 saturated carbocycles. The van der Waals surface area contributed by atoms with Crippen molar-refractivity contribution < 1.29 is 9.13 Å². The highest BCUT2D eigenvalue weighted by atomic mass is 127. The van der Waals surface area contributed by atoms with Crippen LogP contribution in [0.25, 0.3) is 10.1 Å². The summed E-state index contributed by atoms with van der Waals surface area (Å²) >= 11 is 3.59. The summed E-state index contributed by atoms with van der Waals surface area (Å²) in [5.41, 5.74) is 1.10. The largest absolute Gasteiger partial charge is 0.484 e. The smallest absolute Gasteiger partial charge is 0.138 e. The number of thiophene rings is 1. The number of benzene rings is 2. The number of hydrogen-bond acceptors (Lipinski definition) is 3. The standard InChI is InChI=1S/C18H13FINOS/c19-15-6-7-17(18-14(15)10-13(11-21)23-18)22-16(8-9-20)12-4-2-1-3-5-12/h1-7,10,16H,8-9H2/t16-/m1/s1. The van der Waals surface area contributed by atoms with Gasteiger partial charge >= 0.3 is 0 Å². The zero-order valence-corrected chi connectivity index (χ0v) is 15.1. The number of nitrogens with zero attached hydrogens (tertiary/aromatic N) is 1. The van der Waals surface area contributed by atoms with Crippen molar-refractivity contribution in [1.82, 2.24) is 0 Å². The number of halogens is 2. The minimum atomic E-state index is -0.324. The highest BCUT2D eigenvalue weighted by molar-refractivity contribution is 14.1. The predicted molar refractivity (Wildman–Crippen MR) is 99.8 cm³/mol. The molecular weight excluding hydrogens is 424 g/mol. The van der Waals surface area contributed by atoms with E-state index in [2.05, 4.69) is 28.7 Å². The lowest BCUT2D eigenvalue weighted by Gasteiger charge is -2.19. The Hall–Kier alpha value is -1.65. The number of ether oxygens (including phenoxy) is 1. The van der Waals surface area contributed by atoms with E-state index < -0.39 is 0 Å². The molecule has 0 fully saturated rings. The summed E-state index contributed by atoms with van der Waals surface area (Å²) in [6, 6.07) is 16.7. The van der Waals surface area contributed by atoms with Gasteiger partial charge < -0.3 is 4.74 Å². The van der Waals surface area contributed by atoms with E-state index in [0.29, 0.717) is 20.7 Å². The number of nitriles is 1. The molecule has 3 aromatic rings. The third kappa shape index (κ3) is 3.48. The van der Waals surface area contributed by atoms with Crippen LogP contribution in [0.3, 0.4) is 0 Å².